The van der Waals surface area contributed by atoms with Crippen LogP contribution in [0.1, 0.15) is 50.5 Å². The van der Waals surface area contributed by atoms with E-state index in [0.29, 0.717) is 30.0 Å². The number of carbonyl (C=O) groups is 2. The predicted molar refractivity (Wildman–Crippen MR) is 160 cm³/mol. The highest BCUT2D eigenvalue weighted by Crippen LogP contribution is 2.37. The molecular formula is C27H30Cl2F3N5O5S. The Balaban J connectivity index is 0.000000344. The summed E-state index contributed by atoms with van der Waals surface area (Å²) in [6.45, 7) is 9.38. The molecule has 0 saturated carbocycles. The van der Waals surface area contributed by atoms with Crippen molar-refractivity contribution in [2.75, 3.05) is 16.9 Å². The van der Waals surface area contributed by atoms with E-state index in [0.717, 1.165) is 30.3 Å². The van der Waals surface area contributed by atoms with Crippen molar-refractivity contribution in [1.29, 1.82) is 0 Å². The molecule has 3 rings (SSSR count). The minimum atomic E-state index is -4.56. The number of carbonyl (C=O) groups excluding carboxylic acids is 1. The Bertz CT molecular complexity index is 1400. The number of nitrogens with one attached hydrogen (secondary N) is 2. The molecule has 0 bridgehead atoms. The number of hydrogen-bond acceptors (Lipinski definition) is 10. The SMILES string of the molecule is CSc1nc(NC(C)C)nc(NC(C)C)n1.C[C@H](OC(=O)c1cc(Oc2ccc(C(F)(F)F)cc2Cl)ccc1Cl)C(=O)O. The number of aliphatic carboxylic acids is 1. The van der Waals surface area contributed by atoms with Crippen LogP contribution in [-0.2, 0) is 15.7 Å². The number of hydrogen-bond donors (Lipinski definition) is 3. The van der Waals surface area contributed by atoms with Crippen LogP contribution < -0.4 is 15.4 Å². The number of rotatable bonds is 10. The number of anilines is 2. The fraction of sp³-hybridized carbons (Fsp3) is 0.370. The van der Waals surface area contributed by atoms with Crippen LogP contribution in [0.3, 0.4) is 0 Å². The number of halogens is 5. The minimum absolute atomic E-state index is 0.0246. The van der Waals surface area contributed by atoms with E-state index < -0.39 is 29.8 Å². The lowest BCUT2D eigenvalue weighted by Crippen LogP contribution is -2.23. The molecular weight excluding hydrogens is 634 g/mol. The number of thioether (sulfide) groups is 1. The Kier molecular flexibility index (Phi) is 13.1. The number of carboxylic acid groups (broad SMARTS) is 1. The van der Waals surface area contributed by atoms with Crippen molar-refractivity contribution in [3.05, 3.63) is 57.6 Å². The summed E-state index contributed by atoms with van der Waals surface area (Å²) < 4.78 is 48.1. The van der Waals surface area contributed by atoms with Crippen molar-refractivity contribution >= 4 is 58.8 Å². The summed E-state index contributed by atoms with van der Waals surface area (Å²) in [5.74, 6) is -1.14. The zero-order valence-corrected chi connectivity index (χ0v) is 26.2. The second-order valence-electron chi connectivity index (χ2n) is 9.34. The number of ether oxygens (including phenoxy) is 2. The van der Waals surface area contributed by atoms with Crippen LogP contribution in [0.5, 0.6) is 11.5 Å². The Morgan fingerprint density at radius 1 is 0.907 bits per heavy atom. The van der Waals surface area contributed by atoms with Gasteiger partial charge in [0.2, 0.25) is 11.9 Å². The van der Waals surface area contributed by atoms with Crippen molar-refractivity contribution in [2.24, 2.45) is 0 Å². The lowest BCUT2D eigenvalue weighted by molar-refractivity contribution is -0.146. The maximum atomic E-state index is 12.7. The zero-order chi connectivity index (χ0) is 32.5. The van der Waals surface area contributed by atoms with Crippen molar-refractivity contribution < 1.29 is 37.3 Å². The van der Waals surface area contributed by atoms with Crippen LogP contribution in [0.15, 0.2) is 41.6 Å². The van der Waals surface area contributed by atoms with Crippen LogP contribution >= 0.6 is 35.0 Å². The summed E-state index contributed by atoms with van der Waals surface area (Å²) in [7, 11) is 0. The van der Waals surface area contributed by atoms with Gasteiger partial charge in [-0.3, -0.25) is 0 Å². The normalized spacial score (nSPS) is 11.8. The molecule has 0 aliphatic carbocycles. The average Bonchev–Trinajstić information content (AvgIpc) is 2.89. The maximum absolute atomic E-state index is 12.7. The highest BCUT2D eigenvalue weighted by molar-refractivity contribution is 7.98. The summed E-state index contributed by atoms with van der Waals surface area (Å²) in [4.78, 5) is 35.7. The molecule has 10 nitrogen and oxygen atoms in total. The molecule has 1 heterocycles. The first-order chi connectivity index (χ1) is 20.0. The third-order valence-electron chi connectivity index (χ3n) is 4.91. The van der Waals surface area contributed by atoms with E-state index in [1.807, 2.05) is 6.26 Å². The molecule has 0 saturated heterocycles. The quantitative estimate of drug-likeness (QED) is 0.146. The molecule has 234 valence electrons. The van der Waals surface area contributed by atoms with Gasteiger partial charge >= 0.3 is 18.1 Å². The highest BCUT2D eigenvalue weighted by Gasteiger charge is 2.31. The molecule has 43 heavy (non-hydrogen) atoms. The largest absolute Gasteiger partial charge is 0.479 e. The van der Waals surface area contributed by atoms with E-state index in [1.165, 1.54) is 23.9 Å². The maximum Gasteiger partial charge on any atom is 0.416 e. The summed E-state index contributed by atoms with van der Waals surface area (Å²) in [5.41, 5.74) is -1.12. The zero-order valence-electron chi connectivity index (χ0n) is 23.9. The number of alkyl halides is 3. The van der Waals surface area contributed by atoms with E-state index in [1.54, 1.807) is 0 Å². The first kappa shape index (κ1) is 35.7. The molecule has 0 aliphatic heterocycles. The van der Waals surface area contributed by atoms with Crippen LogP contribution in [0.25, 0.3) is 0 Å². The first-order valence-corrected chi connectivity index (χ1v) is 14.6. The Morgan fingerprint density at radius 3 is 1.95 bits per heavy atom. The van der Waals surface area contributed by atoms with Gasteiger partial charge in [-0.1, -0.05) is 35.0 Å². The monoisotopic (exact) mass is 663 g/mol. The lowest BCUT2D eigenvalue weighted by Gasteiger charge is -2.13. The van der Waals surface area contributed by atoms with Crippen molar-refractivity contribution in [2.45, 2.75) is 64.1 Å². The third kappa shape index (κ3) is 11.6. The van der Waals surface area contributed by atoms with Crippen molar-refractivity contribution in [3.63, 3.8) is 0 Å². The van der Waals surface area contributed by atoms with Crippen molar-refractivity contribution in [3.8, 4) is 11.5 Å². The fourth-order valence-electron chi connectivity index (χ4n) is 2.98. The molecule has 2 aromatic carbocycles. The minimum Gasteiger partial charge on any atom is -0.479 e. The Hall–Kier alpha value is -3.49. The second kappa shape index (κ2) is 15.8. The van der Waals surface area contributed by atoms with Gasteiger partial charge in [0.25, 0.3) is 0 Å². The van der Waals surface area contributed by atoms with Gasteiger partial charge in [-0.15, -0.1) is 0 Å². The first-order valence-electron chi connectivity index (χ1n) is 12.6. The summed E-state index contributed by atoms with van der Waals surface area (Å²) in [6.07, 6.45) is -4.00. The van der Waals surface area contributed by atoms with Crippen LogP contribution in [-0.4, -0.2) is 56.4 Å². The highest BCUT2D eigenvalue weighted by atomic mass is 35.5. The van der Waals surface area contributed by atoms with Crippen LogP contribution in [0.4, 0.5) is 25.1 Å². The molecule has 1 atom stereocenters. The van der Waals surface area contributed by atoms with Crippen LogP contribution in [0.2, 0.25) is 10.0 Å². The van der Waals surface area contributed by atoms with Gasteiger partial charge in [0.1, 0.15) is 11.5 Å². The van der Waals surface area contributed by atoms with Gasteiger partial charge in [0, 0.05) is 12.1 Å². The van der Waals surface area contributed by atoms with Crippen molar-refractivity contribution in [1.82, 2.24) is 15.0 Å². The molecule has 3 aromatic rings. The van der Waals surface area contributed by atoms with Gasteiger partial charge in [-0.25, -0.2) is 9.59 Å². The van der Waals surface area contributed by atoms with E-state index in [9.17, 15) is 22.8 Å². The third-order valence-corrected chi connectivity index (χ3v) is 6.08. The molecule has 0 unspecified atom stereocenters. The Labute approximate surface area is 260 Å². The number of aromatic nitrogens is 3. The summed E-state index contributed by atoms with van der Waals surface area (Å²) in [6, 6.07) is 6.95. The molecule has 3 N–H and O–H groups in total. The van der Waals surface area contributed by atoms with Gasteiger partial charge in [-0.05, 0) is 77.3 Å². The number of benzene rings is 2. The lowest BCUT2D eigenvalue weighted by atomic mass is 10.2. The summed E-state index contributed by atoms with van der Waals surface area (Å²) in [5, 5.41) is 15.5. The molecule has 0 amide bonds. The van der Waals surface area contributed by atoms with E-state index in [-0.39, 0.29) is 27.1 Å². The molecule has 0 spiro atoms. The Morgan fingerprint density at radius 2 is 1.49 bits per heavy atom. The summed E-state index contributed by atoms with van der Waals surface area (Å²) >= 11 is 13.2. The number of carboxylic acids is 1. The molecule has 0 fully saturated rings. The standard InChI is InChI=1S/C17H11Cl2F3O5.C10H19N5S/c1-8(15(23)24)26-16(25)11-7-10(3-4-12(11)18)27-14-5-2-9(6-13(14)19)17(20,21)22;1-6(2)11-8-13-9(12-7(3)4)15-10(14-8)16-5/h2-8H,1H3,(H,23,24);6-7H,1-5H3,(H2,11,12,13,14,15)/t8-;/m0./s1. The molecule has 0 radical (unpaired) electrons. The van der Waals surface area contributed by atoms with Crippen LogP contribution in [0, 0.1) is 0 Å². The van der Waals surface area contributed by atoms with Gasteiger partial charge in [0.05, 0.1) is 21.2 Å². The van der Waals surface area contributed by atoms with Gasteiger partial charge in [-0.2, -0.15) is 28.1 Å². The van der Waals surface area contributed by atoms with Gasteiger partial charge in [0.15, 0.2) is 11.3 Å². The second-order valence-corrected chi connectivity index (χ2v) is 10.9. The molecule has 1 aromatic heterocycles. The number of nitrogens with zero attached hydrogens (tertiary/aromatic N) is 3. The fourth-order valence-corrected chi connectivity index (χ4v) is 3.75. The topological polar surface area (TPSA) is 136 Å². The molecule has 0 aliphatic rings. The van der Waals surface area contributed by atoms with Gasteiger partial charge < -0.3 is 25.2 Å². The smallest absolute Gasteiger partial charge is 0.416 e. The average molecular weight is 665 g/mol. The number of esters is 1. The van der Waals surface area contributed by atoms with E-state index in [4.69, 9.17) is 37.8 Å². The predicted octanol–water partition coefficient (Wildman–Crippen LogP) is 7.67. The molecule has 16 heteroatoms. The van der Waals surface area contributed by atoms with E-state index >= 15 is 0 Å². The van der Waals surface area contributed by atoms with E-state index in [2.05, 4.69) is 53.3 Å².